The van der Waals surface area contributed by atoms with Crippen molar-refractivity contribution in [2.45, 2.75) is 18.7 Å². The third kappa shape index (κ3) is 2.25. The van der Waals surface area contributed by atoms with Crippen LogP contribution in [0.15, 0.2) is 18.2 Å². The minimum atomic E-state index is 0.360. The molecule has 0 radical (unpaired) electrons. The first kappa shape index (κ1) is 11.7. The van der Waals surface area contributed by atoms with Gasteiger partial charge in [-0.05, 0) is 17.7 Å². The van der Waals surface area contributed by atoms with Gasteiger partial charge in [0.25, 0.3) is 0 Å². The summed E-state index contributed by atoms with van der Waals surface area (Å²) in [5.74, 6) is 0. The second-order valence-electron chi connectivity index (χ2n) is 5.25. The minimum absolute atomic E-state index is 0.360. The standard InChI is InChI=1S/C13H16N4OS/c1-2-10-11(16-19-15-10)5-9(1)6-17-7-12-13(8-17)18-4-3-14-12/h1-2,5,12-14H,3-4,6-8H2/t12-,13-/m0/s1. The van der Waals surface area contributed by atoms with Gasteiger partial charge in [0.2, 0.25) is 0 Å². The number of morpholine rings is 1. The molecule has 2 aromatic rings. The van der Waals surface area contributed by atoms with Gasteiger partial charge in [-0.25, -0.2) is 0 Å². The average molecular weight is 276 g/mol. The van der Waals surface area contributed by atoms with Gasteiger partial charge in [-0.3, -0.25) is 4.90 Å². The van der Waals surface area contributed by atoms with Crippen LogP contribution < -0.4 is 5.32 Å². The number of hydrogen-bond donors (Lipinski definition) is 1. The lowest BCUT2D eigenvalue weighted by molar-refractivity contribution is 0.0175. The molecule has 19 heavy (non-hydrogen) atoms. The van der Waals surface area contributed by atoms with Crippen molar-refractivity contribution in [1.82, 2.24) is 19.0 Å². The van der Waals surface area contributed by atoms with Gasteiger partial charge >= 0.3 is 0 Å². The van der Waals surface area contributed by atoms with Gasteiger partial charge in [-0.1, -0.05) is 6.07 Å². The van der Waals surface area contributed by atoms with Gasteiger partial charge in [-0.2, -0.15) is 8.75 Å². The second-order valence-corrected chi connectivity index (χ2v) is 5.78. The van der Waals surface area contributed by atoms with Crippen molar-refractivity contribution < 1.29 is 4.74 Å². The van der Waals surface area contributed by atoms with E-state index in [-0.39, 0.29) is 0 Å². The van der Waals surface area contributed by atoms with E-state index in [0.717, 1.165) is 43.8 Å². The van der Waals surface area contributed by atoms with Crippen molar-refractivity contribution in [3.05, 3.63) is 23.8 Å². The SMILES string of the molecule is c1cc2nsnc2cc1CN1C[C@@H]2NCCO[C@H]2C1. The molecular formula is C13H16N4OS. The normalized spacial score (nSPS) is 27.8. The van der Waals surface area contributed by atoms with E-state index in [1.807, 2.05) is 0 Å². The number of benzene rings is 1. The lowest BCUT2D eigenvalue weighted by atomic mass is 10.2. The Balaban J connectivity index is 1.49. The van der Waals surface area contributed by atoms with Crippen LogP contribution >= 0.6 is 11.7 Å². The molecule has 5 nitrogen and oxygen atoms in total. The molecule has 1 N–H and O–H groups in total. The molecule has 6 heteroatoms. The van der Waals surface area contributed by atoms with Crippen molar-refractivity contribution in [3.63, 3.8) is 0 Å². The van der Waals surface area contributed by atoms with E-state index in [1.54, 1.807) is 0 Å². The maximum atomic E-state index is 5.80. The number of nitrogens with zero attached hydrogens (tertiary/aromatic N) is 3. The van der Waals surface area contributed by atoms with Crippen LogP contribution in [0.4, 0.5) is 0 Å². The highest BCUT2D eigenvalue weighted by atomic mass is 32.1. The molecule has 2 saturated heterocycles. The third-order valence-corrected chi connectivity index (χ3v) is 4.46. The van der Waals surface area contributed by atoms with Crippen LogP contribution in [0.1, 0.15) is 5.56 Å². The molecule has 0 amide bonds. The van der Waals surface area contributed by atoms with E-state index >= 15 is 0 Å². The molecule has 2 aliphatic heterocycles. The van der Waals surface area contributed by atoms with E-state index in [9.17, 15) is 0 Å². The summed E-state index contributed by atoms with van der Waals surface area (Å²) >= 11 is 1.28. The fraction of sp³-hybridized carbons (Fsp3) is 0.538. The quantitative estimate of drug-likeness (QED) is 0.882. The van der Waals surface area contributed by atoms with E-state index < -0.39 is 0 Å². The number of fused-ring (bicyclic) bond motifs is 2. The molecular weight excluding hydrogens is 260 g/mol. The predicted molar refractivity (Wildman–Crippen MR) is 74.2 cm³/mol. The smallest absolute Gasteiger partial charge is 0.105 e. The largest absolute Gasteiger partial charge is 0.374 e. The summed E-state index contributed by atoms with van der Waals surface area (Å²) in [5.41, 5.74) is 3.31. The van der Waals surface area contributed by atoms with Gasteiger partial charge in [0, 0.05) is 32.2 Å². The molecule has 0 bridgehead atoms. The van der Waals surface area contributed by atoms with Gasteiger partial charge < -0.3 is 10.1 Å². The highest BCUT2D eigenvalue weighted by Gasteiger charge is 2.35. The maximum Gasteiger partial charge on any atom is 0.105 e. The topological polar surface area (TPSA) is 50.3 Å². The number of hydrogen-bond acceptors (Lipinski definition) is 6. The molecule has 0 spiro atoms. The zero-order chi connectivity index (χ0) is 12.7. The molecule has 3 heterocycles. The number of rotatable bonds is 2. The number of ether oxygens (including phenoxy) is 1. The Hall–Kier alpha value is -1.08. The van der Waals surface area contributed by atoms with Crippen molar-refractivity contribution in [1.29, 1.82) is 0 Å². The van der Waals surface area contributed by atoms with Gasteiger partial charge in [0.15, 0.2) is 0 Å². The summed E-state index contributed by atoms with van der Waals surface area (Å²) in [6.07, 6.45) is 0.360. The van der Waals surface area contributed by atoms with Crippen molar-refractivity contribution in [2.75, 3.05) is 26.2 Å². The van der Waals surface area contributed by atoms with Crippen LogP contribution in [0.5, 0.6) is 0 Å². The highest BCUT2D eigenvalue weighted by molar-refractivity contribution is 7.00. The molecule has 0 unspecified atom stereocenters. The summed E-state index contributed by atoms with van der Waals surface area (Å²) in [6, 6.07) is 6.86. The number of nitrogens with one attached hydrogen (secondary N) is 1. The van der Waals surface area contributed by atoms with E-state index in [2.05, 4.69) is 37.2 Å². The average Bonchev–Trinajstić information content (AvgIpc) is 3.03. The highest BCUT2D eigenvalue weighted by Crippen LogP contribution is 2.20. The van der Waals surface area contributed by atoms with Gasteiger partial charge in [0.05, 0.1) is 24.4 Å². The Kier molecular flexibility index (Phi) is 2.96. The Morgan fingerprint density at radius 1 is 1.32 bits per heavy atom. The molecule has 2 aliphatic rings. The summed E-state index contributed by atoms with van der Waals surface area (Å²) in [5, 5.41) is 3.53. The van der Waals surface area contributed by atoms with Gasteiger partial charge in [-0.15, -0.1) is 0 Å². The van der Waals surface area contributed by atoms with Crippen molar-refractivity contribution in [3.8, 4) is 0 Å². The zero-order valence-corrected chi connectivity index (χ0v) is 11.4. The zero-order valence-electron chi connectivity index (χ0n) is 10.6. The van der Waals surface area contributed by atoms with E-state index in [1.165, 1.54) is 17.3 Å². The van der Waals surface area contributed by atoms with Crippen LogP contribution in [0.3, 0.4) is 0 Å². The van der Waals surface area contributed by atoms with Crippen LogP contribution in [-0.2, 0) is 11.3 Å². The molecule has 100 valence electrons. The summed E-state index contributed by atoms with van der Waals surface area (Å²) in [6.45, 7) is 4.87. The number of likely N-dealkylation sites (tertiary alicyclic amines) is 1. The van der Waals surface area contributed by atoms with Crippen LogP contribution in [-0.4, -0.2) is 52.0 Å². The Bertz CT molecular complexity index is 573. The molecule has 4 rings (SSSR count). The molecule has 1 aromatic carbocycles. The Morgan fingerprint density at radius 2 is 2.26 bits per heavy atom. The van der Waals surface area contributed by atoms with Crippen LogP contribution in [0.2, 0.25) is 0 Å². The molecule has 0 aliphatic carbocycles. The van der Waals surface area contributed by atoms with Crippen LogP contribution in [0.25, 0.3) is 11.0 Å². The van der Waals surface area contributed by atoms with E-state index in [0.29, 0.717) is 12.1 Å². The fourth-order valence-electron chi connectivity index (χ4n) is 2.98. The third-order valence-electron chi connectivity index (χ3n) is 3.91. The van der Waals surface area contributed by atoms with E-state index in [4.69, 9.17) is 4.74 Å². The number of aromatic nitrogens is 2. The minimum Gasteiger partial charge on any atom is -0.374 e. The molecule has 1 aromatic heterocycles. The lowest BCUT2D eigenvalue weighted by Gasteiger charge is -2.25. The monoisotopic (exact) mass is 276 g/mol. The lowest BCUT2D eigenvalue weighted by Crippen LogP contribution is -2.47. The predicted octanol–water partition coefficient (Wildman–Crippen LogP) is 0.864. The first-order valence-electron chi connectivity index (χ1n) is 6.67. The summed E-state index contributed by atoms with van der Waals surface area (Å²) in [4.78, 5) is 2.45. The van der Waals surface area contributed by atoms with Crippen LogP contribution in [0, 0.1) is 0 Å². The first-order chi connectivity index (χ1) is 9.38. The fourth-order valence-corrected chi connectivity index (χ4v) is 3.50. The maximum absolute atomic E-state index is 5.80. The summed E-state index contributed by atoms with van der Waals surface area (Å²) in [7, 11) is 0. The first-order valence-corrected chi connectivity index (χ1v) is 7.40. The molecule has 0 saturated carbocycles. The Morgan fingerprint density at radius 3 is 3.21 bits per heavy atom. The Labute approximate surface area is 115 Å². The molecule has 2 fully saturated rings. The van der Waals surface area contributed by atoms with Crippen molar-refractivity contribution >= 4 is 22.8 Å². The molecule has 2 atom stereocenters. The van der Waals surface area contributed by atoms with Gasteiger partial charge in [0.1, 0.15) is 11.0 Å². The summed E-state index contributed by atoms with van der Waals surface area (Å²) < 4.78 is 14.3. The second kappa shape index (κ2) is 4.79. The van der Waals surface area contributed by atoms with Crippen molar-refractivity contribution in [2.24, 2.45) is 0 Å².